The third-order valence-corrected chi connectivity index (χ3v) is 5.34. The van der Waals surface area contributed by atoms with Crippen molar-refractivity contribution < 1.29 is 9.18 Å². The highest BCUT2D eigenvalue weighted by molar-refractivity contribution is 5.99. The van der Waals surface area contributed by atoms with Gasteiger partial charge in [0.05, 0.1) is 22.3 Å². The van der Waals surface area contributed by atoms with Gasteiger partial charge in [0.1, 0.15) is 5.82 Å². The van der Waals surface area contributed by atoms with Crippen LogP contribution in [0.4, 0.5) is 10.1 Å². The number of aromatic nitrogens is 2. The fourth-order valence-electron chi connectivity index (χ4n) is 4.02. The van der Waals surface area contributed by atoms with Gasteiger partial charge in [-0.3, -0.25) is 9.36 Å². The summed E-state index contributed by atoms with van der Waals surface area (Å²) >= 11 is 0. The number of anilines is 1. The van der Waals surface area contributed by atoms with Crippen molar-refractivity contribution in [1.82, 2.24) is 14.9 Å². The Kier molecular flexibility index (Phi) is 4.90. The quantitative estimate of drug-likeness (QED) is 0.729. The van der Waals surface area contributed by atoms with Gasteiger partial charge >= 0.3 is 5.69 Å². The molecule has 0 bridgehead atoms. The first-order valence-electron chi connectivity index (χ1n) is 9.60. The standard InChI is InChI=1S/C21H23FN4O2/c1-2-23-20(27)16-8-7-14(22)13-19(16)25-11-9-15(10-12-25)26-18-6-4-3-5-17(18)24-21(26)28/h3-8,13,15H,2,9-12H2,1H3,(H,23,27)(H,24,28). The molecule has 1 fully saturated rings. The molecule has 1 aliphatic heterocycles. The van der Waals surface area contributed by atoms with Crippen LogP contribution in [0.15, 0.2) is 47.3 Å². The van der Waals surface area contributed by atoms with Crippen molar-refractivity contribution >= 4 is 22.6 Å². The van der Waals surface area contributed by atoms with E-state index >= 15 is 0 Å². The van der Waals surface area contributed by atoms with E-state index in [-0.39, 0.29) is 23.5 Å². The fraction of sp³-hybridized carbons (Fsp3) is 0.333. The second-order valence-corrected chi connectivity index (χ2v) is 7.06. The third-order valence-electron chi connectivity index (χ3n) is 5.34. The van der Waals surface area contributed by atoms with Gasteiger partial charge in [0.2, 0.25) is 0 Å². The Balaban J connectivity index is 1.58. The molecule has 7 heteroatoms. The van der Waals surface area contributed by atoms with Gasteiger partial charge in [-0.2, -0.15) is 0 Å². The van der Waals surface area contributed by atoms with Crippen LogP contribution in [0.5, 0.6) is 0 Å². The summed E-state index contributed by atoms with van der Waals surface area (Å²) in [7, 11) is 0. The topological polar surface area (TPSA) is 70.1 Å². The maximum absolute atomic E-state index is 13.9. The van der Waals surface area contributed by atoms with Gasteiger partial charge in [-0.05, 0) is 50.1 Å². The Morgan fingerprint density at radius 2 is 1.96 bits per heavy atom. The first-order valence-corrected chi connectivity index (χ1v) is 9.60. The highest BCUT2D eigenvalue weighted by atomic mass is 19.1. The SMILES string of the molecule is CCNC(=O)c1ccc(F)cc1N1CCC(n2c(=O)[nH]c3ccccc32)CC1. The maximum atomic E-state index is 13.9. The van der Waals surface area contributed by atoms with Gasteiger partial charge in [0, 0.05) is 25.7 Å². The number of rotatable bonds is 4. The molecule has 0 radical (unpaired) electrons. The molecule has 6 nitrogen and oxygen atoms in total. The lowest BCUT2D eigenvalue weighted by atomic mass is 10.0. The van der Waals surface area contributed by atoms with Crippen molar-refractivity contribution in [3.05, 3.63) is 64.3 Å². The van der Waals surface area contributed by atoms with E-state index in [1.807, 2.05) is 40.7 Å². The molecular weight excluding hydrogens is 359 g/mol. The smallest absolute Gasteiger partial charge is 0.326 e. The van der Waals surface area contributed by atoms with Crippen LogP contribution in [-0.4, -0.2) is 35.1 Å². The molecule has 4 rings (SSSR count). The molecule has 0 aliphatic carbocycles. The van der Waals surface area contributed by atoms with Gasteiger partial charge in [0.25, 0.3) is 5.91 Å². The number of fused-ring (bicyclic) bond motifs is 1. The Morgan fingerprint density at radius 1 is 1.21 bits per heavy atom. The molecule has 1 saturated heterocycles. The van der Waals surface area contributed by atoms with Crippen molar-refractivity contribution in [3.63, 3.8) is 0 Å². The van der Waals surface area contributed by atoms with Crippen LogP contribution in [0.25, 0.3) is 11.0 Å². The minimum atomic E-state index is -0.363. The van der Waals surface area contributed by atoms with E-state index in [1.165, 1.54) is 18.2 Å². The molecule has 146 valence electrons. The Hall–Kier alpha value is -3.09. The zero-order valence-corrected chi connectivity index (χ0v) is 15.7. The van der Waals surface area contributed by atoms with Gasteiger partial charge in [-0.1, -0.05) is 12.1 Å². The van der Waals surface area contributed by atoms with Crippen LogP contribution < -0.4 is 15.9 Å². The monoisotopic (exact) mass is 382 g/mol. The van der Waals surface area contributed by atoms with Crippen molar-refractivity contribution in [2.75, 3.05) is 24.5 Å². The van der Waals surface area contributed by atoms with Crippen molar-refractivity contribution in [2.24, 2.45) is 0 Å². The third kappa shape index (κ3) is 3.28. The van der Waals surface area contributed by atoms with E-state index < -0.39 is 0 Å². The number of hydrogen-bond donors (Lipinski definition) is 2. The number of H-pyrrole nitrogens is 1. The number of piperidine rings is 1. The lowest BCUT2D eigenvalue weighted by Crippen LogP contribution is -2.38. The number of benzene rings is 2. The molecular formula is C21H23FN4O2. The summed E-state index contributed by atoms with van der Waals surface area (Å²) in [6.45, 7) is 3.66. The molecule has 2 aromatic carbocycles. The molecule has 2 N–H and O–H groups in total. The van der Waals surface area contributed by atoms with Crippen molar-refractivity contribution in [3.8, 4) is 0 Å². The number of nitrogens with one attached hydrogen (secondary N) is 2. The largest absolute Gasteiger partial charge is 0.371 e. The number of imidazole rings is 1. The summed E-state index contributed by atoms with van der Waals surface area (Å²) < 4.78 is 15.7. The fourth-order valence-corrected chi connectivity index (χ4v) is 4.02. The highest BCUT2D eigenvalue weighted by Crippen LogP contribution is 2.30. The summed E-state index contributed by atoms with van der Waals surface area (Å²) in [5.41, 5.74) is 2.72. The van der Waals surface area contributed by atoms with Crippen LogP contribution >= 0.6 is 0 Å². The van der Waals surface area contributed by atoms with Crippen LogP contribution in [-0.2, 0) is 0 Å². The predicted molar refractivity (Wildman–Crippen MR) is 107 cm³/mol. The molecule has 0 atom stereocenters. The number of nitrogens with zero attached hydrogens (tertiary/aromatic N) is 2. The number of amides is 1. The van der Waals surface area contributed by atoms with E-state index in [1.54, 1.807) is 0 Å². The summed E-state index contributed by atoms with van der Waals surface area (Å²) in [6, 6.07) is 12.0. The lowest BCUT2D eigenvalue weighted by Gasteiger charge is -2.35. The predicted octanol–water partition coefficient (Wildman–Crippen LogP) is 3.06. The minimum Gasteiger partial charge on any atom is -0.371 e. The molecule has 1 aromatic heterocycles. The highest BCUT2D eigenvalue weighted by Gasteiger charge is 2.26. The van der Waals surface area contributed by atoms with Crippen LogP contribution in [0.2, 0.25) is 0 Å². The minimum absolute atomic E-state index is 0.0707. The van der Waals surface area contributed by atoms with E-state index in [0.29, 0.717) is 30.9 Å². The van der Waals surface area contributed by atoms with Gasteiger partial charge in [-0.15, -0.1) is 0 Å². The van der Waals surface area contributed by atoms with Crippen LogP contribution in [0.1, 0.15) is 36.2 Å². The van der Waals surface area contributed by atoms with Crippen molar-refractivity contribution in [1.29, 1.82) is 0 Å². The first kappa shape index (κ1) is 18.3. The summed E-state index contributed by atoms with van der Waals surface area (Å²) in [4.78, 5) is 29.7. The number of halogens is 1. The van der Waals surface area contributed by atoms with E-state index in [2.05, 4.69) is 10.3 Å². The summed E-state index contributed by atoms with van der Waals surface area (Å²) in [5.74, 6) is -0.564. The van der Waals surface area contributed by atoms with E-state index in [4.69, 9.17) is 0 Å². The maximum Gasteiger partial charge on any atom is 0.326 e. The first-order chi connectivity index (χ1) is 13.6. The van der Waals surface area contributed by atoms with Gasteiger partial charge in [-0.25, -0.2) is 9.18 Å². The number of carbonyl (C=O) groups excluding carboxylic acids is 1. The normalized spacial score (nSPS) is 15.1. The summed E-state index contributed by atoms with van der Waals surface area (Å²) in [6.07, 6.45) is 1.49. The number of para-hydroxylation sites is 2. The van der Waals surface area contributed by atoms with Gasteiger partial charge < -0.3 is 15.2 Å². The van der Waals surface area contributed by atoms with Crippen LogP contribution in [0.3, 0.4) is 0 Å². The molecule has 3 aromatic rings. The molecule has 0 unspecified atom stereocenters. The van der Waals surface area contributed by atoms with Crippen molar-refractivity contribution in [2.45, 2.75) is 25.8 Å². The second-order valence-electron chi connectivity index (χ2n) is 7.06. The average molecular weight is 382 g/mol. The van der Waals surface area contributed by atoms with Crippen LogP contribution in [0, 0.1) is 5.82 Å². The Morgan fingerprint density at radius 3 is 2.71 bits per heavy atom. The van der Waals surface area contributed by atoms with E-state index in [0.717, 1.165) is 23.9 Å². The number of aromatic amines is 1. The zero-order valence-electron chi connectivity index (χ0n) is 15.7. The average Bonchev–Trinajstić information content (AvgIpc) is 3.04. The summed E-state index contributed by atoms with van der Waals surface area (Å²) in [5, 5.41) is 2.78. The van der Waals surface area contributed by atoms with Gasteiger partial charge in [0.15, 0.2) is 0 Å². The number of hydrogen-bond acceptors (Lipinski definition) is 3. The molecule has 1 amide bonds. The molecule has 28 heavy (non-hydrogen) atoms. The zero-order chi connectivity index (χ0) is 19.7. The number of carbonyl (C=O) groups is 1. The Bertz CT molecular complexity index is 1060. The second kappa shape index (κ2) is 7.50. The molecule has 2 heterocycles. The molecule has 0 spiro atoms. The lowest BCUT2D eigenvalue weighted by molar-refractivity contribution is 0.0956. The molecule has 0 saturated carbocycles. The van der Waals surface area contributed by atoms with E-state index in [9.17, 15) is 14.0 Å². The Labute approximate surface area is 162 Å². The molecule has 1 aliphatic rings.